The molecule has 0 radical (unpaired) electrons. The summed E-state index contributed by atoms with van der Waals surface area (Å²) in [6.07, 6.45) is 4.18. The number of rotatable bonds is 5. The third-order valence-electron chi connectivity index (χ3n) is 3.82. The van der Waals surface area contributed by atoms with E-state index in [1.54, 1.807) is 0 Å². The molecule has 2 N–H and O–H groups in total. The quantitative estimate of drug-likeness (QED) is 0.786. The van der Waals surface area contributed by atoms with Crippen LogP contribution in [0.5, 0.6) is 0 Å². The molecule has 1 aliphatic rings. The van der Waals surface area contributed by atoms with E-state index in [1.165, 1.54) is 11.3 Å². The van der Waals surface area contributed by atoms with Gasteiger partial charge in [-0.3, -0.25) is 9.59 Å². The van der Waals surface area contributed by atoms with Crippen molar-refractivity contribution in [3.63, 3.8) is 0 Å². The molecule has 1 aliphatic carbocycles. The van der Waals surface area contributed by atoms with Gasteiger partial charge >= 0.3 is 11.8 Å². The van der Waals surface area contributed by atoms with Crippen molar-refractivity contribution in [2.45, 2.75) is 46.0 Å². The van der Waals surface area contributed by atoms with Gasteiger partial charge in [0.1, 0.15) is 5.00 Å². The lowest BCUT2D eigenvalue weighted by Gasteiger charge is -2.13. The summed E-state index contributed by atoms with van der Waals surface area (Å²) >= 11 is 1.23. The fourth-order valence-corrected chi connectivity index (χ4v) is 3.86. The van der Waals surface area contributed by atoms with Gasteiger partial charge in [0.25, 0.3) is 0 Å². The molecule has 2 amide bonds. The molecule has 0 aromatic carbocycles. The summed E-state index contributed by atoms with van der Waals surface area (Å²) < 4.78 is 0. The first-order valence-electron chi connectivity index (χ1n) is 7.85. The second-order valence-electron chi connectivity index (χ2n) is 6.10. The summed E-state index contributed by atoms with van der Waals surface area (Å²) in [5.41, 5.74) is 0.782. The molecule has 0 spiro atoms. The number of carbonyl (C=O) groups excluding carboxylic acids is 3. The number of nitrogens with one attached hydrogen (secondary N) is 2. The van der Waals surface area contributed by atoms with Gasteiger partial charge in [-0.15, -0.1) is 11.3 Å². The number of thiophene rings is 1. The van der Waals surface area contributed by atoms with Crippen LogP contribution in [-0.4, -0.2) is 24.3 Å². The number of carboxylic acid groups (broad SMARTS) is 1. The van der Waals surface area contributed by atoms with Crippen molar-refractivity contribution in [1.29, 1.82) is 0 Å². The van der Waals surface area contributed by atoms with Crippen molar-refractivity contribution in [2.24, 2.45) is 5.92 Å². The first kappa shape index (κ1) is 17.5. The van der Waals surface area contributed by atoms with Crippen LogP contribution < -0.4 is 15.7 Å². The molecule has 0 aliphatic heterocycles. The summed E-state index contributed by atoms with van der Waals surface area (Å²) in [5, 5.41) is 16.6. The third-order valence-corrected chi connectivity index (χ3v) is 5.02. The molecule has 7 heteroatoms. The predicted molar refractivity (Wildman–Crippen MR) is 86.4 cm³/mol. The van der Waals surface area contributed by atoms with Crippen LogP contribution in [-0.2, 0) is 22.4 Å². The zero-order valence-corrected chi connectivity index (χ0v) is 14.2. The Morgan fingerprint density at radius 3 is 2.52 bits per heavy atom. The van der Waals surface area contributed by atoms with Crippen LogP contribution in [0.2, 0.25) is 0 Å². The number of fused-ring (bicyclic) bond motifs is 1. The largest absolute Gasteiger partial charge is 0.545 e. The molecule has 0 atom stereocenters. The van der Waals surface area contributed by atoms with Crippen LogP contribution in [0.3, 0.4) is 0 Å². The monoisotopic (exact) mass is 337 g/mol. The van der Waals surface area contributed by atoms with Crippen LogP contribution in [0.4, 0.5) is 5.00 Å². The highest BCUT2D eigenvalue weighted by Crippen LogP contribution is 2.37. The van der Waals surface area contributed by atoms with E-state index in [0.717, 1.165) is 36.1 Å². The maximum absolute atomic E-state index is 11.9. The molecule has 0 unspecified atom stereocenters. The average molecular weight is 337 g/mol. The summed E-state index contributed by atoms with van der Waals surface area (Å²) in [4.78, 5) is 36.1. The Morgan fingerprint density at radius 1 is 1.17 bits per heavy atom. The maximum atomic E-state index is 11.9. The highest BCUT2D eigenvalue weighted by molar-refractivity contribution is 7.17. The van der Waals surface area contributed by atoms with E-state index in [-0.39, 0.29) is 10.6 Å². The highest BCUT2D eigenvalue weighted by Gasteiger charge is 2.24. The van der Waals surface area contributed by atoms with Crippen LogP contribution in [0.25, 0.3) is 0 Å². The Morgan fingerprint density at radius 2 is 1.87 bits per heavy atom. The number of anilines is 1. The van der Waals surface area contributed by atoms with E-state index in [0.29, 0.717) is 18.9 Å². The second-order valence-corrected chi connectivity index (χ2v) is 7.20. The van der Waals surface area contributed by atoms with Crippen LogP contribution in [0.15, 0.2) is 0 Å². The van der Waals surface area contributed by atoms with Crippen molar-refractivity contribution in [1.82, 2.24) is 5.32 Å². The van der Waals surface area contributed by atoms with Gasteiger partial charge in [0, 0.05) is 17.0 Å². The minimum Gasteiger partial charge on any atom is -0.545 e. The Bertz CT molecular complexity index is 622. The topological polar surface area (TPSA) is 98.3 Å². The molecule has 0 bridgehead atoms. The van der Waals surface area contributed by atoms with E-state index in [9.17, 15) is 19.5 Å². The fraction of sp³-hybridized carbons (Fsp3) is 0.562. The van der Waals surface area contributed by atoms with E-state index >= 15 is 0 Å². The zero-order valence-electron chi connectivity index (χ0n) is 13.4. The molecule has 2 rings (SSSR count). The molecule has 0 saturated heterocycles. The molecular weight excluding hydrogens is 316 g/mol. The summed E-state index contributed by atoms with van der Waals surface area (Å²) in [7, 11) is 0. The normalized spacial score (nSPS) is 13.5. The van der Waals surface area contributed by atoms with Crippen LogP contribution in [0, 0.1) is 5.92 Å². The van der Waals surface area contributed by atoms with E-state index < -0.39 is 17.8 Å². The molecular formula is C16H21N2O4S-. The van der Waals surface area contributed by atoms with Gasteiger partial charge in [-0.1, -0.05) is 13.8 Å². The molecule has 1 heterocycles. The van der Waals surface area contributed by atoms with Gasteiger partial charge in [0.2, 0.25) is 0 Å². The number of aryl methyl sites for hydroxylation is 1. The number of amides is 2. The minimum atomic E-state index is -1.31. The van der Waals surface area contributed by atoms with Crippen molar-refractivity contribution < 1.29 is 19.5 Å². The van der Waals surface area contributed by atoms with Gasteiger partial charge in [-0.05, 0) is 43.6 Å². The average Bonchev–Trinajstić information content (AvgIpc) is 2.84. The SMILES string of the molecule is CC(C)CCNC(=O)C(=O)Nc1sc2c(c1C(=O)[O-])CCCC2. The highest BCUT2D eigenvalue weighted by atomic mass is 32.1. The number of carboxylic acids is 1. The Balaban J connectivity index is 2.07. The first-order chi connectivity index (χ1) is 10.9. The fourth-order valence-electron chi connectivity index (χ4n) is 2.58. The molecule has 126 valence electrons. The van der Waals surface area contributed by atoms with Crippen LogP contribution >= 0.6 is 11.3 Å². The molecule has 1 aromatic heterocycles. The van der Waals surface area contributed by atoms with Crippen molar-refractivity contribution in [2.75, 3.05) is 11.9 Å². The van der Waals surface area contributed by atoms with Gasteiger partial charge in [-0.2, -0.15) is 0 Å². The molecule has 0 fully saturated rings. The van der Waals surface area contributed by atoms with Gasteiger partial charge in [0.15, 0.2) is 0 Å². The Labute approximate surface area is 139 Å². The molecule has 23 heavy (non-hydrogen) atoms. The smallest absolute Gasteiger partial charge is 0.314 e. The van der Waals surface area contributed by atoms with Crippen molar-refractivity contribution in [3.05, 3.63) is 16.0 Å². The minimum absolute atomic E-state index is 0.0352. The second kappa shape index (κ2) is 7.59. The molecule has 0 saturated carbocycles. The van der Waals surface area contributed by atoms with Gasteiger partial charge in [0.05, 0.1) is 5.97 Å². The standard InChI is InChI=1S/C16H22N2O4S/c1-9(2)7-8-17-13(19)14(20)18-15-12(16(21)22)10-5-3-4-6-11(10)23-15/h9H,3-8H2,1-2H3,(H,17,19)(H,18,20)(H,21,22)/p-1. The number of aromatic carboxylic acids is 1. The number of carbonyl (C=O) groups is 3. The van der Waals surface area contributed by atoms with Crippen LogP contribution in [0.1, 0.15) is 53.9 Å². The predicted octanol–water partition coefficient (Wildman–Crippen LogP) is 1.09. The third kappa shape index (κ3) is 4.31. The number of hydrogen-bond donors (Lipinski definition) is 2. The first-order valence-corrected chi connectivity index (χ1v) is 8.66. The Kier molecular flexibility index (Phi) is 5.76. The van der Waals surface area contributed by atoms with E-state index in [1.807, 2.05) is 13.8 Å². The lowest BCUT2D eigenvalue weighted by Crippen LogP contribution is -2.36. The molecule has 6 nitrogen and oxygen atoms in total. The number of hydrogen-bond acceptors (Lipinski definition) is 5. The Hall–Kier alpha value is -1.89. The van der Waals surface area contributed by atoms with Gasteiger partial charge < -0.3 is 20.5 Å². The summed E-state index contributed by atoms with van der Waals surface area (Å²) in [6.45, 7) is 4.46. The lowest BCUT2D eigenvalue weighted by molar-refractivity contribution is -0.255. The van der Waals surface area contributed by atoms with Crippen molar-refractivity contribution in [3.8, 4) is 0 Å². The summed E-state index contributed by atoms with van der Waals surface area (Å²) in [5.74, 6) is -2.47. The van der Waals surface area contributed by atoms with Crippen molar-refractivity contribution >= 4 is 34.1 Å². The summed E-state index contributed by atoms with van der Waals surface area (Å²) in [6, 6.07) is 0. The van der Waals surface area contributed by atoms with E-state index in [2.05, 4.69) is 10.6 Å². The van der Waals surface area contributed by atoms with E-state index in [4.69, 9.17) is 0 Å². The maximum Gasteiger partial charge on any atom is 0.314 e. The lowest BCUT2D eigenvalue weighted by atomic mass is 9.95. The van der Waals surface area contributed by atoms with Gasteiger partial charge in [-0.25, -0.2) is 0 Å². The zero-order chi connectivity index (χ0) is 17.0. The molecule has 1 aromatic rings.